The summed E-state index contributed by atoms with van der Waals surface area (Å²) in [6, 6.07) is 1.80. The first-order valence-electron chi connectivity index (χ1n) is 5.49. The highest BCUT2D eigenvalue weighted by atomic mass is 16.5. The van der Waals surface area contributed by atoms with Crippen molar-refractivity contribution in [3.05, 3.63) is 35.9 Å². The van der Waals surface area contributed by atoms with Gasteiger partial charge in [0.25, 0.3) is 0 Å². The van der Waals surface area contributed by atoms with Crippen molar-refractivity contribution < 1.29 is 9.84 Å². The molecule has 2 aromatic heterocycles. The van der Waals surface area contributed by atoms with Gasteiger partial charge in [0.1, 0.15) is 5.75 Å². The highest BCUT2D eigenvalue weighted by Gasteiger charge is 2.07. The summed E-state index contributed by atoms with van der Waals surface area (Å²) in [7, 11) is 0. The van der Waals surface area contributed by atoms with Crippen LogP contribution in [-0.2, 0) is 13.2 Å². The number of aromatic nitrogens is 3. The third-order valence-corrected chi connectivity index (χ3v) is 2.41. The lowest BCUT2D eigenvalue weighted by molar-refractivity contribution is 0.276. The van der Waals surface area contributed by atoms with Gasteiger partial charge < -0.3 is 9.84 Å². The van der Waals surface area contributed by atoms with Crippen molar-refractivity contribution in [1.82, 2.24) is 14.8 Å². The van der Waals surface area contributed by atoms with Crippen LogP contribution in [0.5, 0.6) is 11.5 Å². The number of rotatable bonds is 4. The lowest BCUT2D eigenvalue weighted by Gasteiger charge is -2.08. The van der Waals surface area contributed by atoms with E-state index < -0.39 is 0 Å². The van der Waals surface area contributed by atoms with Crippen LogP contribution >= 0.6 is 0 Å². The Morgan fingerprint density at radius 2 is 2.24 bits per heavy atom. The molecule has 0 saturated heterocycles. The second kappa shape index (κ2) is 4.97. The molecule has 2 heterocycles. The quantitative estimate of drug-likeness (QED) is 0.876. The van der Waals surface area contributed by atoms with Crippen LogP contribution in [0.3, 0.4) is 0 Å². The Morgan fingerprint density at radius 3 is 2.88 bits per heavy atom. The van der Waals surface area contributed by atoms with Crippen molar-refractivity contribution >= 4 is 0 Å². The number of hydrogen-bond donors (Lipinski definition) is 1. The summed E-state index contributed by atoms with van der Waals surface area (Å²) in [5.41, 5.74) is 1.51. The minimum Gasteiger partial charge on any atom is -0.454 e. The Labute approximate surface area is 99.7 Å². The van der Waals surface area contributed by atoms with Crippen molar-refractivity contribution in [1.29, 1.82) is 0 Å². The second-order valence-electron chi connectivity index (χ2n) is 3.73. The molecule has 0 bridgehead atoms. The number of pyridine rings is 1. The largest absolute Gasteiger partial charge is 0.454 e. The van der Waals surface area contributed by atoms with E-state index in [2.05, 4.69) is 10.1 Å². The van der Waals surface area contributed by atoms with Crippen molar-refractivity contribution in [3.63, 3.8) is 0 Å². The van der Waals surface area contributed by atoms with Crippen LogP contribution in [0, 0.1) is 6.92 Å². The first-order valence-corrected chi connectivity index (χ1v) is 5.49. The van der Waals surface area contributed by atoms with Crippen LogP contribution in [0.4, 0.5) is 0 Å². The van der Waals surface area contributed by atoms with E-state index in [4.69, 9.17) is 4.74 Å². The van der Waals surface area contributed by atoms with Gasteiger partial charge in [-0.3, -0.25) is 9.67 Å². The van der Waals surface area contributed by atoms with E-state index in [9.17, 15) is 5.11 Å². The summed E-state index contributed by atoms with van der Waals surface area (Å²) in [6.07, 6.45) is 5.09. The molecule has 17 heavy (non-hydrogen) atoms. The second-order valence-corrected chi connectivity index (χ2v) is 3.73. The molecule has 90 valence electrons. The van der Waals surface area contributed by atoms with Crippen LogP contribution in [-0.4, -0.2) is 19.9 Å². The zero-order chi connectivity index (χ0) is 12.3. The molecule has 1 N–H and O–H groups in total. The first-order chi connectivity index (χ1) is 8.22. The minimum atomic E-state index is -0.0927. The highest BCUT2D eigenvalue weighted by Crippen LogP contribution is 2.25. The molecule has 5 heteroatoms. The maximum Gasteiger partial charge on any atom is 0.165 e. The Bertz CT molecular complexity index is 508. The van der Waals surface area contributed by atoms with E-state index in [1.165, 1.54) is 0 Å². The SMILES string of the molecule is CCn1cc(Oc2cc(C)ncc2CO)cn1. The first kappa shape index (κ1) is 11.6. The topological polar surface area (TPSA) is 60.2 Å². The minimum absolute atomic E-state index is 0.0927. The summed E-state index contributed by atoms with van der Waals surface area (Å²) in [6.45, 7) is 4.59. The van der Waals surface area contributed by atoms with Gasteiger partial charge in [-0.1, -0.05) is 0 Å². The van der Waals surface area contributed by atoms with E-state index in [1.807, 2.05) is 20.0 Å². The molecule has 0 aliphatic carbocycles. The normalized spacial score (nSPS) is 10.5. The van der Waals surface area contributed by atoms with Gasteiger partial charge >= 0.3 is 0 Å². The molecule has 0 atom stereocenters. The Morgan fingerprint density at radius 1 is 1.41 bits per heavy atom. The summed E-state index contributed by atoms with van der Waals surface area (Å²) in [4.78, 5) is 4.11. The van der Waals surface area contributed by atoms with Gasteiger partial charge in [0.05, 0.1) is 19.0 Å². The lowest BCUT2D eigenvalue weighted by Crippen LogP contribution is -1.94. The van der Waals surface area contributed by atoms with Crippen molar-refractivity contribution in [2.45, 2.75) is 27.0 Å². The summed E-state index contributed by atoms with van der Waals surface area (Å²) in [5.74, 6) is 1.28. The molecule has 0 saturated carbocycles. The molecule has 0 amide bonds. The van der Waals surface area contributed by atoms with Crippen molar-refractivity contribution in [3.8, 4) is 11.5 Å². The number of aliphatic hydroxyl groups excluding tert-OH is 1. The van der Waals surface area contributed by atoms with E-state index in [0.29, 0.717) is 17.1 Å². The zero-order valence-electron chi connectivity index (χ0n) is 9.92. The summed E-state index contributed by atoms with van der Waals surface area (Å²) >= 11 is 0. The Hall–Kier alpha value is -1.88. The van der Waals surface area contributed by atoms with Gasteiger partial charge in [-0.2, -0.15) is 5.10 Å². The van der Waals surface area contributed by atoms with Gasteiger partial charge in [0.15, 0.2) is 5.75 Å². The average molecular weight is 233 g/mol. The molecule has 0 aromatic carbocycles. The molecule has 5 nitrogen and oxygen atoms in total. The van der Waals surface area contributed by atoms with Gasteiger partial charge in [-0.15, -0.1) is 0 Å². The third kappa shape index (κ3) is 2.62. The van der Waals surface area contributed by atoms with E-state index in [1.54, 1.807) is 23.1 Å². The van der Waals surface area contributed by atoms with Crippen LogP contribution in [0.25, 0.3) is 0 Å². The van der Waals surface area contributed by atoms with E-state index in [0.717, 1.165) is 12.2 Å². The Balaban J connectivity index is 2.25. The smallest absolute Gasteiger partial charge is 0.165 e. The molecule has 0 radical (unpaired) electrons. The number of aliphatic hydroxyl groups is 1. The summed E-state index contributed by atoms with van der Waals surface area (Å²) in [5, 5.41) is 13.3. The van der Waals surface area contributed by atoms with Crippen LogP contribution in [0.15, 0.2) is 24.7 Å². The monoisotopic (exact) mass is 233 g/mol. The maximum atomic E-state index is 9.20. The molecule has 2 rings (SSSR count). The number of hydrogen-bond acceptors (Lipinski definition) is 4. The molecule has 0 unspecified atom stereocenters. The van der Waals surface area contributed by atoms with Crippen LogP contribution < -0.4 is 4.74 Å². The van der Waals surface area contributed by atoms with Gasteiger partial charge in [0.2, 0.25) is 0 Å². The molecular formula is C12H15N3O2. The molecule has 0 spiro atoms. The zero-order valence-corrected chi connectivity index (χ0v) is 9.92. The number of ether oxygens (including phenoxy) is 1. The summed E-state index contributed by atoms with van der Waals surface area (Å²) < 4.78 is 7.46. The predicted octanol–water partition coefficient (Wildman–Crippen LogP) is 1.89. The van der Waals surface area contributed by atoms with Crippen LogP contribution in [0.1, 0.15) is 18.2 Å². The predicted molar refractivity (Wildman–Crippen MR) is 62.9 cm³/mol. The Kier molecular flexibility index (Phi) is 3.39. The fourth-order valence-corrected chi connectivity index (χ4v) is 1.47. The third-order valence-electron chi connectivity index (χ3n) is 2.41. The van der Waals surface area contributed by atoms with Gasteiger partial charge in [0, 0.05) is 30.1 Å². The van der Waals surface area contributed by atoms with Crippen molar-refractivity contribution in [2.24, 2.45) is 0 Å². The van der Waals surface area contributed by atoms with Gasteiger partial charge in [-0.05, 0) is 13.8 Å². The van der Waals surface area contributed by atoms with Gasteiger partial charge in [-0.25, -0.2) is 0 Å². The van der Waals surface area contributed by atoms with E-state index in [-0.39, 0.29) is 6.61 Å². The molecule has 0 fully saturated rings. The maximum absolute atomic E-state index is 9.20. The standard InChI is InChI=1S/C12H15N3O2/c1-3-15-7-11(6-14-15)17-12-4-9(2)13-5-10(12)8-16/h4-7,16H,3,8H2,1-2H3. The highest BCUT2D eigenvalue weighted by molar-refractivity contribution is 5.35. The molecular weight excluding hydrogens is 218 g/mol. The molecule has 2 aromatic rings. The van der Waals surface area contributed by atoms with E-state index >= 15 is 0 Å². The van der Waals surface area contributed by atoms with Crippen LogP contribution in [0.2, 0.25) is 0 Å². The fraction of sp³-hybridized carbons (Fsp3) is 0.333. The molecule has 0 aliphatic rings. The number of aryl methyl sites for hydroxylation is 2. The number of nitrogens with zero attached hydrogens (tertiary/aromatic N) is 3. The fourth-order valence-electron chi connectivity index (χ4n) is 1.47. The molecule has 0 aliphatic heterocycles. The van der Waals surface area contributed by atoms with Crippen molar-refractivity contribution in [2.75, 3.05) is 0 Å². The lowest BCUT2D eigenvalue weighted by atomic mass is 10.2. The average Bonchev–Trinajstić information content (AvgIpc) is 2.77.